The first kappa shape index (κ1) is 14.0. The highest BCUT2D eigenvalue weighted by Crippen LogP contribution is 2.38. The molecule has 2 nitrogen and oxygen atoms in total. The van der Waals surface area contributed by atoms with E-state index in [4.69, 9.17) is 12.2 Å². The van der Waals surface area contributed by atoms with Crippen LogP contribution in [0, 0.1) is 0 Å². The number of nitrogens with one attached hydrogen (secondary N) is 2. The van der Waals surface area contributed by atoms with Crippen molar-refractivity contribution in [3.8, 4) is 0 Å². The van der Waals surface area contributed by atoms with Crippen molar-refractivity contribution in [2.24, 2.45) is 0 Å². The first-order valence-corrected chi connectivity index (χ1v) is 8.57. The normalized spacial score (nSPS) is 19.9. The number of fused-ring (bicyclic) bond motifs is 2. The van der Waals surface area contributed by atoms with Gasteiger partial charge in [0, 0.05) is 15.7 Å². The van der Waals surface area contributed by atoms with Crippen molar-refractivity contribution in [3.63, 3.8) is 0 Å². The van der Waals surface area contributed by atoms with E-state index in [1.807, 2.05) is 0 Å². The van der Waals surface area contributed by atoms with Gasteiger partial charge in [-0.3, -0.25) is 0 Å². The summed E-state index contributed by atoms with van der Waals surface area (Å²) in [7, 11) is 0. The molecular weight excluding hydrogens is 356 g/mol. The van der Waals surface area contributed by atoms with E-state index in [9.17, 15) is 0 Å². The van der Waals surface area contributed by atoms with Gasteiger partial charge < -0.3 is 10.6 Å². The van der Waals surface area contributed by atoms with Gasteiger partial charge in [0.15, 0.2) is 5.11 Å². The fraction of sp³-hybridized carbons (Fsp3) is 0.167. The van der Waals surface area contributed by atoms with Crippen LogP contribution >= 0.6 is 28.1 Å². The average molecular weight is 371 g/mol. The van der Waals surface area contributed by atoms with Gasteiger partial charge in [0.1, 0.15) is 0 Å². The van der Waals surface area contributed by atoms with Crippen molar-refractivity contribution in [3.05, 3.63) is 75.3 Å². The highest BCUT2D eigenvalue weighted by atomic mass is 79.9. The quantitative estimate of drug-likeness (QED) is 0.730. The zero-order valence-electron chi connectivity index (χ0n) is 11.9. The topological polar surface area (TPSA) is 24.1 Å². The summed E-state index contributed by atoms with van der Waals surface area (Å²) in [5, 5.41) is 7.50. The Balaban J connectivity index is 1.84. The van der Waals surface area contributed by atoms with Crippen LogP contribution in [0.3, 0.4) is 0 Å². The fourth-order valence-corrected chi connectivity index (χ4v) is 3.78. The predicted molar refractivity (Wildman–Crippen MR) is 97.4 cm³/mol. The fourth-order valence-electron chi connectivity index (χ4n) is 3.29. The molecule has 0 saturated heterocycles. The second-order valence-electron chi connectivity index (χ2n) is 5.64. The Morgan fingerprint density at radius 2 is 1.77 bits per heavy atom. The van der Waals surface area contributed by atoms with Gasteiger partial charge >= 0.3 is 0 Å². The minimum absolute atomic E-state index is 0.158. The highest BCUT2D eigenvalue weighted by molar-refractivity contribution is 9.10. The Kier molecular flexibility index (Phi) is 3.51. The second kappa shape index (κ2) is 5.52. The standard InChI is InChI=1S/C18H15BrN2S/c19-13-8-5-12(6-9-13)16-15-10-7-11-3-1-2-4-14(11)17(15)21-18(22)20-16/h1-6,8-9,16H,7,10H2,(H2,20,21,22)/t16-/m0/s1. The van der Waals surface area contributed by atoms with Crippen LogP contribution in [0.15, 0.2) is 58.6 Å². The van der Waals surface area contributed by atoms with E-state index in [1.165, 1.54) is 28.0 Å². The maximum absolute atomic E-state index is 5.44. The van der Waals surface area contributed by atoms with Crippen molar-refractivity contribution in [1.82, 2.24) is 10.6 Å². The molecule has 0 fully saturated rings. The van der Waals surface area contributed by atoms with Gasteiger partial charge in [0.2, 0.25) is 0 Å². The zero-order chi connectivity index (χ0) is 15.1. The molecule has 0 bridgehead atoms. The molecule has 110 valence electrons. The average Bonchev–Trinajstić information content (AvgIpc) is 2.55. The molecule has 0 unspecified atom stereocenters. The largest absolute Gasteiger partial charge is 0.352 e. The Bertz CT molecular complexity index is 780. The lowest BCUT2D eigenvalue weighted by Gasteiger charge is -2.35. The van der Waals surface area contributed by atoms with E-state index >= 15 is 0 Å². The molecule has 0 spiro atoms. The molecular formula is C18H15BrN2S. The van der Waals surface area contributed by atoms with Crippen molar-refractivity contribution in [2.75, 3.05) is 0 Å². The van der Waals surface area contributed by atoms with Crippen LogP contribution in [0.25, 0.3) is 5.70 Å². The lowest BCUT2D eigenvalue weighted by atomic mass is 9.83. The van der Waals surface area contributed by atoms with Gasteiger partial charge in [0.25, 0.3) is 0 Å². The second-order valence-corrected chi connectivity index (χ2v) is 6.96. The van der Waals surface area contributed by atoms with Crippen molar-refractivity contribution < 1.29 is 0 Å². The number of halogens is 1. The zero-order valence-corrected chi connectivity index (χ0v) is 14.3. The number of rotatable bonds is 1. The van der Waals surface area contributed by atoms with Gasteiger partial charge in [-0.1, -0.05) is 52.3 Å². The van der Waals surface area contributed by atoms with Gasteiger partial charge in [-0.05, 0) is 53.9 Å². The van der Waals surface area contributed by atoms with Gasteiger partial charge in [0.05, 0.1) is 6.04 Å². The molecule has 2 N–H and O–H groups in total. The molecule has 22 heavy (non-hydrogen) atoms. The molecule has 2 aromatic rings. The third kappa shape index (κ3) is 2.36. The maximum atomic E-state index is 5.44. The number of aryl methyl sites for hydroxylation is 1. The lowest BCUT2D eigenvalue weighted by Crippen LogP contribution is -2.44. The maximum Gasteiger partial charge on any atom is 0.171 e. The van der Waals surface area contributed by atoms with E-state index in [0.29, 0.717) is 5.11 Å². The molecule has 1 aliphatic heterocycles. The van der Waals surface area contributed by atoms with Crippen LogP contribution in [0.2, 0.25) is 0 Å². The van der Waals surface area contributed by atoms with Gasteiger partial charge in [-0.2, -0.15) is 0 Å². The summed E-state index contributed by atoms with van der Waals surface area (Å²) in [5.41, 5.74) is 6.52. The van der Waals surface area contributed by atoms with Crippen LogP contribution in [-0.2, 0) is 6.42 Å². The van der Waals surface area contributed by atoms with E-state index in [2.05, 4.69) is 75.1 Å². The lowest BCUT2D eigenvalue weighted by molar-refractivity contribution is 0.667. The van der Waals surface area contributed by atoms with E-state index in [1.54, 1.807) is 0 Å². The third-order valence-corrected chi connectivity index (χ3v) is 5.09. The highest BCUT2D eigenvalue weighted by Gasteiger charge is 2.30. The molecule has 1 atom stereocenters. The molecule has 0 amide bonds. The Hall–Kier alpha value is -1.65. The summed E-state index contributed by atoms with van der Waals surface area (Å²) < 4.78 is 1.09. The minimum atomic E-state index is 0.158. The summed E-state index contributed by atoms with van der Waals surface area (Å²) in [6.07, 6.45) is 2.13. The molecule has 0 radical (unpaired) electrons. The monoisotopic (exact) mass is 370 g/mol. The number of hydrogen-bond donors (Lipinski definition) is 2. The summed E-state index contributed by atoms with van der Waals surface area (Å²) in [4.78, 5) is 0. The van der Waals surface area contributed by atoms with Crippen molar-refractivity contribution in [2.45, 2.75) is 18.9 Å². The molecule has 4 heteroatoms. The Labute approximate surface area is 143 Å². The summed E-state index contributed by atoms with van der Waals surface area (Å²) in [5.74, 6) is 0. The number of hydrogen-bond acceptors (Lipinski definition) is 1. The molecule has 2 aliphatic rings. The van der Waals surface area contributed by atoms with Crippen molar-refractivity contribution in [1.29, 1.82) is 0 Å². The van der Waals surface area contributed by atoms with Gasteiger partial charge in [-0.15, -0.1) is 0 Å². The number of thiocarbonyl (C=S) groups is 1. The minimum Gasteiger partial charge on any atom is -0.352 e. The van der Waals surface area contributed by atoms with Crippen LogP contribution < -0.4 is 10.6 Å². The molecule has 1 aliphatic carbocycles. The summed E-state index contributed by atoms with van der Waals surface area (Å²) in [6.45, 7) is 0. The predicted octanol–water partition coefficient (Wildman–Crippen LogP) is 4.33. The van der Waals surface area contributed by atoms with E-state index in [0.717, 1.165) is 17.3 Å². The first-order valence-electron chi connectivity index (χ1n) is 7.36. The molecule has 0 aromatic heterocycles. The van der Waals surface area contributed by atoms with E-state index in [-0.39, 0.29) is 6.04 Å². The SMILES string of the molecule is S=C1NC2=C(CCc3ccccc32)[C@H](c2ccc(Br)cc2)N1. The summed E-state index contributed by atoms with van der Waals surface area (Å²) >= 11 is 8.94. The molecule has 2 aromatic carbocycles. The molecule has 1 heterocycles. The van der Waals surface area contributed by atoms with Crippen molar-refractivity contribution >= 4 is 39.0 Å². The van der Waals surface area contributed by atoms with Crippen LogP contribution in [0.1, 0.15) is 29.2 Å². The summed E-state index contributed by atoms with van der Waals surface area (Å²) in [6, 6.07) is 17.2. The first-order chi connectivity index (χ1) is 10.7. The third-order valence-electron chi connectivity index (χ3n) is 4.34. The van der Waals surface area contributed by atoms with Crippen LogP contribution in [0.5, 0.6) is 0 Å². The van der Waals surface area contributed by atoms with Crippen LogP contribution in [0.4, 0.5) is 0 Å². The Morgan fingerprint density at radius 1 is 1.00 bits per heavy atom. The van der Waals surface area contributed by atoms with Crippen LogP contribution in [-0.4, -0.2) is 5.11 Å². The van der Waals surface area contributed by atoms with Gasteiger partial charge in [-0.25, -0.2) is 0 Å². The molecule has 4 rings (SSSR count). The molecule has 0 saturated carbocycles. The number of benzene rings is 2. The Morgan fingerprint density at radius 3 is 2.59 bits per heavy atom. The smallest absolute Gasteiger partial charge is 0.171 e. The van der Waals surface area contributed by atoms with E-state index < -0.39 is 0 Å².